The van der Waals surface area contributed by atoms with E-state index in [1.165, 1.54) is 24.5 Å². The summed E-state index contributed by atoms with van der Waals surface area (Å²) in [6.45, 7) is 7.49. The number of nitrogens with zero attached hydrogens (tertiary/aromatic N) is 7. The van der Waals surface area contributed by atoms with Gasteiger partial charge in [0, 0.05) is 48.5 Å². The van der Waals surface area contributed by atoms with E-state index in [-0.39, 0.29) is 10.8 Å². The number of carboxylic acid groups (broad SMARTS) is 1. The minimum absolute atomic E-state index is 0.0295. The number of nitrogens with one attached hydrogen (secondary N) is 1. The fourth-order valence-electron chi connectivity index (χ4n) is 5.10. The smallest absolute Gasteiger partial charge is 0.414 e. The van der Waals surface area contributed by atoms with Crippen LogP contribution in [0, 0.1) is 5.82 Å². The molecule has 2 aromatic carbocycles. The molecule has 1 aliphatic heterocycles. The number of halogens is 1. The summed E-state index contributed by atoms with van der Waals surface area (Å²) in [5, 5.41) is 9.75. The molecule has 0 atom stereocenters. The summed E-state index contributed by atoms with van der Waals surface area (Å²) in [5.74, 6) is 0.421. The monoisotopic (exact) mass is 658 g/mol. The molecule has 0 radical (unpaired) electrons. The Kier molecular flexibility index (Phi) is 8.42. The van der Waals surface area contributed by atoms with E-state index in [1.807, 2.05) is 12.1 Å². The first kappa shape index (κ1) is 31.7. The second-order valence-electron chi connectivity index (χ2n) is 11.8. The van der Waals surface area contributed by atoms with Gasteiger partial charge in [-0.2, -0.15) is 0 Å². The van der Waals surface area contributed by atoms with Crippen LogP contribution in [-0.4, -0.2) is 76.4 Å². The van der Waals surface area contributed by atoms with Crippen molar-refractivity contribution >= 4 is 44.6 Å². The van der Waals surface area contributed by atoms with E-state index in [9.17, 15) is 22.7 Å². The summed E-state index contributed by atoms with van der Waals surface area (Å²) >= 11 is 0. The highest BCUT2D eigenvalue weighted by Crippen LogP contribution is 2.31. The Labute approximate surface area is 270 Å². The Morgan fingerprint density at radius 2 is 1.62 bits per heavy atom. The predicted octanol–water partition coefficient (Wildman–Crippen LogP) is 5.21. The van der Waals surface area contributed by atoms with E-state index >= 15 is 0 Å². The molecule has 1 aliphatic rings. The number of rotatable bonds is 7. The number of carbonyl (C=O) groups is 1. The van der Waals surface area contributed by atoms with E-state index in [1.54, 1.807) is 45.2 Å². The molecule has 6 rings (SSSR count). The number of sulfonamides is 1. The largest absolute Gasteiger partial charge is 0.465 e. The van der Waals surface area contributed by atoms with Gasteiger partial charge in [-0.25, -0.2) is 42.4 Å². The van der Waals surface area contributed by atoms with Crippen molar-refractivity contribution in [3.05, 3.63) is 79.0 Å². The summed E-state index contributed by atoms with van der Waals surface area (Å²) in [6.07, 6.45) is 3.48. The van der Waals surface area contributed by atoms with Gasteiger partial charge < -0.3 is 14.7 Å². The number of amides is 1. The molecular formula is C32H31FN8O5S. The summed E-state index contributed by atoms with van der Waals surface area (Å²) in [4.78, 5) is 38.0. The molecule has 1 amide bonds. The third-order valence-corrected chi connectivity index (χ3v) is 8.76. The minimum atomic E-state index is -3.96. The van der Waals surface area contributed by atoms with Crippen LogP contribution in [0.4, 0.5) is 26.6 Å². The number of hydrogen-bond acceptors (Lipinski definition) is 10. The summed E-state index contributed by atoms with van der Waals surface area (Å²) in [6, 6.07) is 13.2. The van der Waals surface area contributed by atoms with Gasteiger partial charge in [0.25, 0.3) is 10.0 Å². The average Bonchev–Trinajstić information content (AvgIpc) is 3.04. The van der Waals surface area contributed by atoms with E-state index in [0.29, 0.717) is 71.4 Å². The summed E-state index contributed by atoms with van der Waals surface area (Å²) in [7, 11) is -3.96. The molecule has 0 spiro atoms. The zero-order valence-corrected chi connectivity index (χ0v) is 26.6. The highest BCUT2D eigenvalue weighted by atomic mass is 32.2. The van der Waals surface area contributed by atoms with Crippen molar-refractivity contribution in [1.82, 2.24) is 24.9 Å². The predicted molar refractivity (Wildman–Crippen MR) is 174 cm³/mol. The number of fused-ring (bicyclic) bond motifs is 1. The van der Waals surface area contributed by atoms with Gasteiger partial charge in [-0.1, -0.05) is 12.1 Å². The Hall–Kier alpha value is -5.28. The standard InChI is InChI=1S/C32H31FN8O5S/c1-32(2,3)41(31(42)43)30-35-18-22(19-36-30)28-37-26-16-21(17-34-27(26)29(38-28)40-11-13-46-14-12-40)20-5-4-6-24(15-20)39-47(44,45)25-9-7-23(33)8-10-25/h4-10,15-19,39H,11-14H2,1-3H3,(H,42,43). The molecule has 1 fully saturated rings. The molecule has 5 aromatic rings. The number of benzene rings is 2. The van der Waals surface area contributed by atoms with Crippen LogP contribution in [-0.2, 0) is 14.8 Å². The van der Waals surface area contributed by atoms with Crippen molar-refractivity contribution in [2.75, 3.05) is 40.8 Å². The molecule has 2 N–H and O–H groups in total. The fraction of sp³-hybridized carbons (Fsp3) is 0.250. The van der Waals surface area contributed by atoms with Crippen LogP contribution < -0.4 is 14.5 Å². The molecule has 242 valence electrons. The van der Waals surface area contributed by atoms with Crippen LogP contribution in [0.2, 0.25) is 0 Å². The topological polar surface area (TPSA) is 164 Å². The molecule has 47 heavy (non-hydrogen) atoms. The molecule has 0 bridgehead atoms. The van der Waals surface area contributed by atoms with E-state index in [0.717, 1.165) is 17.0 Å². The molecule has 15 heteroatoms. The molecule has 0 saturated carbocycles. The first-order chi connectivity index (χ1) is 22.4. The zero-order valence-electron chi connectivity index (χ0n) is 25.8. The molecule has 13 nitrogen and oxygen atoms in total. The van der Waals surface area contributed by atoms with Gasteiger partial charge in [-0.05, 0) is 68.8 Å². The van der Waals surface area contributed by atoms with Gasteiger partial charge in [0.05, 0.1) is 29.2 Å². The lowest BCUT2D eigenvalue weighted by Crippen LogP contribution is -2.46. The van der Waals surface area contributed by atoms with Crippen LogP contribution in [0.25, 0.3) is 33.5 Å². The lowest BCUT2D eigenvalue weighted by atomic mass is 10.1. The number of ether oxygens (including phenoxy) is 1. The quantitative estimate of drug-likeness (QED) is 0.236. The number of hydrogen-bond donors (Lipinski definition) is 2. The third kappa shape index (κ3) is 6.80. The first-order valence-corrected chi connectivity index (χ1v) is 16.1. The van der Waals surface area contributed by atoms with Crippen molar-refractivity contribution in [3.8, 4) is 22.5 Å². The number of morpholine rings is 1. The molecule has 0 aliphatic carbocycles. The van der Waals surface area contributed by atoms with Crippen molar-refractivity contribution in [2.45, 2.75) is 31.2 Å². The SMILES string of the molecule is CC(C)(C)N(C(=O)O)c1ncc(-c2nc(N3CCOCC3)c3ncc(-c4cccc(NS(=O)(=O)c5ccc(F)cc5)c4)cc3n2)cn1. The van der Waals surface area contributed by atoms with Crippen LogP contribution in [0.1, 0.15) is 20.8 Å². The van der Waals surface area contributed by atoms with Gasteiger partial charge in [-0.3, -0.25) is 9.71 Å². The summed E-state index contributed by atoms with van der Waals surface area (Å²) in [5.41, 5.74) is 2.46. The Bertz CT molecular complexity index is 2050. The first-order valence-electron chi connectivity index (χ1n) is 14.6. The second-order valence-corrected chi connectivity index (χ2v) is 13.4. The zero-order chi connectivity index (χ0) is 33.3. The fourth-order valence-corrected chi connectivity index (χ4v) is 6.15. The summed E-state index contributed by atoms with van der Waals surface area (Å²) < 4.78 is 47.3. The number of pyridine rings is 1. The maximum atomic E-state index is 13.3. The molecule has 1 saturated heterocycles. The van der Waals surface area contributed by atoms with Crippen molar-refractivity contribution < 1.29 is 27.4 Å². The van der Waals surface area contributed by atoms with Gasteiger partial charge in [0.15, 0.2) is 11.6 Å². The Balaban J connectivity index is 1.38. The maximum absolute atomic E-state index is 13.3. The average molecular weight is 659 g/mol. The third-order valence-electron chi connectivity index (χ3n) is 7.36. The molecule has 0 unspecified atom stereocenters. The van der Waals surface area contributed by atoms with Crippen molar-refractivity contribution in [1.29, 1.82) is 0 Å². The van der Waals surface area contributed by atoms with Crippen molar-refractivity contribution in [3.63, 3.8) is 0 Å². The number of anilines is 3. The second kappa shape index (κ2) is 12.5. The normalized spacial score (nSPS) is 13.8. The maximum Gasteiger partial charge on any atom is 0.414 e. The van der Waals surface area contributed by atoms with Gasteiger partial charge in [0.1, 0.15) is 11.3 Å². The van der Waals surface area contributed by atoms with Crippen LogP contribution >= 0.6 is 0 Å². The lowest BCUT2D eigenvalue weighted by molar-refractivity contribution is 0.122. The van der Waals surface area contributed by atoms with Gasteiger partial charge in [-0.15, -0.1) is 0 Å². The Morgan fingerprint density at radius 3 is 2.28 bits per heavy atom. The lowest BCUT2D eigenvalue weighted by Gasteiger charge is -2.31. The highest BCUT2D eigenvalue weighted by molar-refractivity contribution is 7.92. The molecule has 3 aromatic heterocycles. The molecule has 4 heterocycles. The van der Waals surface area contributed by atoms with Crippen LogP contribution in [0.15, 0.2) is 78.1 Å². The molecular weight excluding hydrogens is 627 g/mol. The highest BCUT2D eigenvalue weighted by Gasteiger charge is 2.30. The van der Waals surface area contributed by atoms with E-state index in [4.69, 9.17) is 19.7 Å². The Morgan fingerprint density at radius 1 is 0.936 bits per heavy atom. The van der Waals surface area contributed by atoms with Crippen molar-refractivity contribution in [2.24, 2.45) is 0 Å². The van der Waals surface area contributed by atoms with Gasteiger partial charge >= 0.3 is 6.09 Å². The van der Waals surface area contributed by atoms with Gasteiger partial charge in [0.2, 0.25) is 5.95 Å². The van der Waals surface area contributed by atoms with E-state index < -0.39 is 27.5 Å². The van der Waals surface area contributed by atoms with E-state index in [2.05, 4.69) is 19.6 Å². The van der Waals surface area contributed by atoms with Crippen LogP contribution in [0.5, 0.6) is 0 Å². The number of aromatic nitrogens is 5. The minimum Gasteiger partial charge on any atom is -0.465 e. The van der Waals surface area contributed by atoms with Crippen LogP contribution in [0.3, 0.4) is 0 Å².